The summed E-state index contributed by atoms with van der Waals surface area (Å²) in [6.07, 6.45) is 12.4. The lowest BCUT2D eigenvalue weighted by Crippen LogP contribution is -2.49. The first kappa shape index (κ1) is 18.2. The van der Waals surface area contributed by atoms with E-state index in [-0.39, 0.29) is 0 Å². The Hall–Kier alpha value is -1.56. The van der Waals surface area contributed by atoms with Crippen LogP contribution >= 0.6 is 0 Å². The average Bonchev–Trinajstić information content (AvgIpc) is 3.32. The molecule has 2 atom stereocenters. The van der Waals surface area contributed by atoms with Gasteiger partial charge in [0, 0.05) is 39.1 Å². The van der Waals surface area contributed by atoms with Crippen molar-refractivity contribution in [3.63, 3.8) is 0 Å². The Morgan fingerprint density at radius 2 is 2.08 bits per heavy atom. The van der Waals surface area contributed by atoms with Crippen molar-refractivity contribution in [1.82, 2.24) is 24.7 Å². The van der Waals surface area contributed by atoms with Gasteiger partial charge in [-0.05, 0) is 57.7 Å². The van der Waals surface area contributed by atoms with E-state index in [0.29, 0.717) is 12.0 Å². The van der Waals surface area contributed by atoms with Crippen molar-refractivity contribution in [3.8, 4) is 0 Å². The number of aromatic nitrogens is 2. The molecule has 0 spiro atoms. The third-order valence-electron chi connectivity index (χ3n) is 5.72. The summed E-state index contributed by atoms with van der Waals surface area (Å²) in [6.45, 7) is 9.31. The van der Waals surface area contributed by atoms with Gasteiger partial charge in [0.15, 0.2) is 5.96 Å². The summed E-state index contributed by atoms with van der Waals surface area (Å²) in [5.74, 6) is 1.72. The van der Waals surface area contributed by atoms with Gasteiger partial charge in [0.1, 0.15) is 0 Å². The first-order valence-corrected chi connectivity index (χ1v) is 9.93. The summed E-state index contributed by atoms with van der Waals surface area (Å²) < 4.78 is 2.25. The summed E-state index contributed by atoms with van der Waals surface area (Å²) in [6, 6.07) is 0.477. The van der Waals surface area contributed by atoms with Gasteiger partial charge in [0.2, 0.25) is 0 Å². The second-order valence-corrected chi connectivity index (χ2v) is 7.52. The Bertz CT molecular complexity index is 520. The van der Waals surface area contributed by atoms with Crippen molar-refractivity contribution in [2.75, 3.05) is 46.3 Å². The van der Waals surface area contributed by atoms with Gasteiger partial charge in [-0.1, -0.05) is 6.92 Å². The van der Waals surface area contributed by atoms with E-state index in [0.717, 1.165) is 25.6 Å². The number of likely N-dealkylation sites (tertiary alicyclic amines) is 2. The van der Waals surface area contributed by atoms with Crippen molar-refractivity contribution in [3.05, 3.63) is 18.7 Å². The molecule has 3 heterocycles. The highest BCUT2D eigenvalue weighted by molar-refractivity contribution is 5.80. The minimum Gasteiger partial charge on any atom is -0.356 e. The number of imidazole rings is 1. The van der Waals surface area contributed by atoms with E-state index in [1.54, 1.807) is 0 Å². The molecule has 1 aromatic heterocycles. The van der Waals surface area contributed by atoms with Crippen LogP contribution in [0, 0.1) is 5.92 Å². The van der Waals surface area contributed by atoms with E-state index >= 15 is 0 Å². The molecule has 0 aliphatic carbocycles. The number of hydrogen-bond acceptors (Lipinski definition) is 3. The summed E-state index contributed by atoms with van der Waals surface area (Å²) in [5, 5.41) is 3.58. The second-order valence-electron chi connectivity index (χ2n) is 7.52. The zero-order chi connectivity index (χ0) is 17.5. The Kier molecular flexibility index (Phi) is 6.73. The molecule has 140 valence electrons. The van der Waals surface area contributed by atoms with E-state index in [4.69, 9.17) is 0 Å². The zero-order valence-corrected chi connectivity index (χ0v) is 15.9. The van der Waals surface area contributed by atoms with Crippen LogP contribution in [-0.4, -0.2) is 71.6 Å². The van der Waals surface area contributed by atoms with Crippen LogP contribution in [0.25, 0.3) is 0 Å². The molecular weight excluding hydrogens is 312 g/mol. The maximum atomic E-state index is 4.52. The lowest BCUT2D eigenvalue weighted by Gasteiger charge is -2.39. The van der Waals surface area contributed by atoms with E-state index in [2.05, 4.69) is 42.8 Å². The maximum Gasteiger partial charge on any atom is 0.193 e. The Morgan fingerprint density at radius 1 is 1.24 bits per heavy atom. The molecule has 2 saturated heterocycles. The molecule has 2 fully saturated rings. The van der Waals surface area contributed by atoms with Gasteiger partial charge >= 0.3 is 0 Å². The summed E-state index contributed by atoms with van der Waals surface area (Å²) >= 11 is 0. The zero-order valence-electron chi connectivity index (χ0n) is 15.9. The molecule has 3 rings (SSSR count). The van der Waals surface area contributed by atoms with E-state index in [1.807, 2.05) is 19.6 Å². The highest BCUT2D eigenvalue weighted by Gasteiger charge is 2.28. The molecule has 2 aliphatic heterocycles. The highest BCUT2D eigenvalue weighted by atomic mass is 15.3. The Balaban J connectivity index is 1.42. The maximum absolute atomic E-state index is 4.52. The smallest absolute Gasteiger partial charge is 0.193 e. The molecule has 0 bridgehead atoms. The summed E-state index contributed by atoms with van der Waals surface area (Å²) in [7, 11) is 1.90. The van der Waals surface area contributed by atoms with Gasteiger partial charge in [-0.2, -0.15) is 0 Å². The molecule has 0 radical (unpaired) electrons. The Labute approximate surface area is 152 Å². The third kappa shape index (κ3) is 4.97. The molecule has 0 saturated carbocycles. The molecule has 1 aromatic rings. The molecule has 6 heteroatoms. The fraction of sp³-hybridized carbons (Fsp3) is 0.789. The summed E-state index contributed by atoms with van der Waals surface area (Å²) in [4.78, 5) is 13.7. The first-order chi connectivity index (χ1) is 12.3. The van der Waals surface area contributed by atoms with Crippen molar-refractivity contribution < 1.29 is 0 Å². The van der Waals surface area contributed by atoms with Gasteiger partial charge in [-0.25, -0.2) is 4.98 Å². The monoisotopic (exact) mass is 346 g/mol. The van der Waals surface area contributed by atoms with E-state index < -0.39 is 0 Å². The van der Waals surface area contributed by atoms with Crippen molar-refractivity contribution in [2.24, 2.45) is 10.9 Å². The highest BCUT2D eigenvalue weighted by Crippen LogP contribution is 2.27. The van der Waals surface area contributed by atoms with Gasteiger partial charge in [0.25, 0.3) is 0 Å². The van der Waals surface area contributed by atoms with Crippen molar-refractivity contribution >= 4 is 5.96 Å². The number of piperidine rings is 1. The fourth-order valence-electron chi connectivity index (χ4n) is 4.09. The number of nitrogens with zero attached hydrogens (tertiary/aromatic N) is 5. The van der Waals surface area contributed by atoms with Gasteiger partial charge in [-0.15, -0.1) is 0 Å². The fourth-order valence-corrected chi connectivity index (χ4v) is 4.09. The van der Waals surface area contributed by atoms with Crippen molar-refractivity contribution in [2.45, 2.75) is 45.1 Å². The van der Waals surface area contributed by atoms with Crippen LogP contribution in [0.5, 0.6) is 0 Å². The quantitative estimate of drug-likeness (QED) is 0.487. The predicted molar refractivity (Wildman–Crippen MR) is 103 cm³/mol. The molecule has 2 unspecified atom stereocenters. The number of hydrogen-bond donors (Lipinski definition) is 1. The van der Waals surface area contributed by atoms with Crippen LogP contribution in [0.15, 0.2) is 23.7 Å². The van der Waals surface area contributed by atoms with E-state index in [9.17, 15) is 0 Å². The number of unbranched alkanes of at least 4 members (excludes halogenated alkanes) is 1. The summed E-state index contributed by atoms with van der Waals surface area (Å²) in [5.41, 5.74) is 0. The Morgan fingerprint density at radius 3 is 2.80 bits per heavy atom. The van der Waals surface area contributed by atoms with Crippen LogP contribution in [0.2, 0.25) is 0 Å². The lowest BCUT2D eigenvalue weighted by molar-refractivity contribution is 0.189. The first-order valence-electron chi connectivity index (χ1n) is 9.93. The van der Waals surface area contributed by atoms with Crippen LogP contribution in [0.4, 0.5) is 0 Å². The molecule has 0 amide bonds. The largest absolute Gasteiger partial charge is 0.356 e. The molecule has 6 nitrogen and oxygen atoms in total. The number of guanidine groups is 1. The standard InChI is InChI=1S/C19H34N6/c1-17-7-13-24(15-18(17)25-14-9-21-16-25)19(20-2)22-8-3-4-10-23-11-5-6-12-23/h9,14,16-18H,3-8,10-13,15H2,1-2H3,(H,20,22). The van der Waals surface area contributed by atoms with Crippen LogP contribution < -0.4 is 5.32 Å². The predicted octanol–water partition coefficient (Wildman–Crippen LogP) is 2.22. The topological polar surface area (TPSA) is 48.7 Å². The third-order valence-corrected chi connectivity index (χ3v) is 5.72. The van der Waals surface area contributed by atoms with Crippen LogP contribution in [-0.2, 0) is 0 Å². The van der Waals surface area contributed by atoms with Gasteiger partial charge in [-0.3, -0.25) is 4.99 Å². The molecule has 0 aromatic carbocycles. The molecular formula is C19H34N6. The number of nitrogens with one attached hydrogen (secondary N) is 1. The molecule has 1 N–H and O–H groups in total. The van der Waals surface area contributed by atoms with Gasteiger partial charge < -0.3 is 19.7 Å². The second kappa shape index (κ2) is 9.22. The van der Waals surface area contributed by atoms with Crippen molar-refractivity contribution in [1.29, 1.82) is 0 Å². The average molecular weight is 347 g/mol. The van der Waals surface area contributed by atoms with Crippen LogP contribution in [0.3, 0.4) is 0 Å². The SMILES string of the molecule is CN=C(NCCCCN1CCCC1)N1CCC(C)C(n2ccnc2)C1. The minimum atomic E-state index is 0.477. The normalized spacial score (nSPS) is 25.5. The number of rotatable bonds is 6. The molecule has 25 heavy (non-hydrogen) atoms. The molecule has 2 aliphatic rings. The van der Waals surface area contributed by atoms with E-state index in [1.165, 1.54) is 51.7 Å². The minimum absolute atomic E-state index is 0.477. The van der Waals surface area contributed by atoms with Gasteiger partial charge in [0.05, 0.1) is 12.4 Å². The van der Waals surface area contributed by atoms with Crippen LogP contribution in [0.1, 0.15) is 45.1 Å². The lowest BCUT2D eigenvalue weighted by atomic mass is 9.93. The number of aliphatic imine (C=N–C) groups is 1.